The Bertz CT molecular complexity index is 581. The second kappa shape index (κ2) is 7.13. The van der Waals surface area contributed by atoms with E-state index in [1.54, 1.807) is 14.2 Å². The van der Waals surface area contributed by atoms with Crippen LogP contribution in [0.15, 0.2) is 30.6 Å². The summed E-state index contributed by atoms with van der Waals surface area (Å²) in [6, 6.07) is 6.05. The van der Waals surface area contributed by atoms with Crippen molar-refractivity contribution in [3.05, 3.63) is 41.7 Å². The third kappa shape index (κ3) is 4.23. The lowest BCUT2D eigenvalue weighted by atomic mass is 10.0. The normalized spacial score (nSPS) is 12.2. The van der Waals surface area contributed by atoms with Crippen LogP contribution in [-0.2, 0) is 19.9 Å². The van der Waals surface area contributed by atoms with Gasteiger partial charge in [-0.15, -0.1) is 0 Å². The highest BCUT2D eigenvalue weighted by atomic mass is 16.5. The second-order valence-corrected chi connectivity index (χ2v) is 5.21. The predicted octanol–water partition coefficient (Wildman–Crippen LogP) is 1.94. The molecule has 0 bridgehead atoms. The lowest BCUT2D eigenvalue weighted by Crippen LogP contribution is -2.23. The Balaban J connectivity index is 1.91. The number of nitrogens with two attached hydrogens (primary N) is 1. The minimum atomic E-state index is 0.114. The third-order valence-electron chi connectivity index (χ3n) is 3.51. The van der Waals surface area contributed by atoms with Crippen LogP contribution in [0.2, 0.25) is 0 Å². The molecule has 5 heteroatoms. The van der Waals surface area contributed by atoms with Crippen molar-refractivity contribution in [2.24, 2.45) is 12.8 Å². The summed E-state index contributed by atoms with van der Waals surface area (Å²) in [5.41, 5.74) is 8.60. The zero-order chi connectivity index (χ0) is 15.2. The minimum Gasteiger partial charge on any atom is -0.493 e. The first kappa shape index (κ1) is 15.4. The lowest BCUT2D eigenvalue weighted by Gasteiger charge is -2.13. The van der Waals surface area contributed by atoms with Gasteiger partial charge in [0.15, 0.2) is 11.5 Å². The van der Waals surface area contributed by atoms with Crippen LogP contribution >= 0.6 is 0 Å². The molecule has 1 unspecified atom stereocenters. The van der Waals surface area contributed by atoms with Crippen LogP contribution in [0.1, 0.15) is 17.5 Å². The lowest BCUT2D eigenvalue weighted by molar-refractivity contribution is 0.354. The quantitative estimate of drug-likeness (QED) is 0.846. The van der Waals surface area contributed by atoms with E-state index in [9.17, 15) is 0 Å². The van der Waals surface area contributed by atoms with Gasteiger partial charge in [0.2, 0.25) is 0 Å². The highest BCUT2D eigenvalue weighted by Crippen LogP contribution is 2.28. The van der Waals surface area contributed by atoms with Gasteiger partial charge in [-0.1, -0.05) is 6.07 Å². The third-order valence-corrected chi connectivity index (χ3v) is 3.51. The fraction of sp³-hybridized carbons (Fsp3) is 0.438. The van der Waals surface area contributed by atoms with Crippen LogP contribution in [0.25, 0.3) is 0 Å². The number of hydrogen-bond acceptors (Lipinski definition) is 4. The largest absolute Gasteiger partial charge is 0.493 e. The summed E-state index contributed by atoms with van der Waals surface area (Å²) >= 11 is 0. The van der Waals surface area contributed by atoms with Crippen LogP contribution in [-0.4, -0.2) is 30.0 Å². The van der Waals surface area contributed by atoms with E-state index in [2.05, 4.69) is 5.10 Å². The molecule has 1 atom stereocenters. The Kier molecular flexibility index (Phi) is 5.22. The van der Waals surface area contributed by atoms with Gasteiger partial charge in [-0.2, -0.15) is 5.10 Å². The first-order chi connectivity index (χ1) is 10.1. The van der Waals surface area contributed by atoms with Crippen molar-refractivity contribution < 1.29 is 9.47 Å². The molecule has 0 aliphatic heterocycles. The van der Waals surface area contributed by atoms with Crippen molar-refractivity contribution in [1.29, 1.82) is 0 Å². The van der Waals surface area contributed by atoms with Crippen LogP contribution in [0.5, 0.6) is 11.5 Å². The Morgan fingerprint density at radius 3 is 2.57 bits per heavy atom. The maximum Gasteiger partial charge on any atom is 0.160 e. The van der Waals surface area contributed by atoms with Gasteiger partial charge in [-0.05, 0) is 42.5 Å². The van der Waals surface area contributed by atoms with Gasteiger partial charge in [0.05, 0.1) is 20.4 Å². The van der Waals surface area contributed by atoms with Crippen LogP contribution in [0.4, 0.5) is 0 Å². The number of ether oxygens (including phenoxy) is 2. The summed E-state index contributed by atoms with van der Waals surface area (Å²) in [6.07, 6.45) is 6.62. The monoisotopic (exact) mass is 289 g/mol. The molecule has 0 saturated carbocycles. The van der Waals surface area contributed by atoms with Crippen molar-refractivity contribution >= 4 is 0 Å². The number of nitrogens with zero attached hydrogens (tertiary/aromatic N) is 2. The summed E-state index contributed by atoms with van der Waals surface area (Å²) in [5.74, 6) is 1.49. The summed E-state index contributed by atoms with van der Waals surface area (Å²) < 4.78 is 12.4. The van der Waals surface area contributed by atoms with Crippen LogP contribution in [0.3, 0.4) is 0 Å². The molecule has 0 radical (unpaired) electrons. The fourth-order valence-electron chi connectivity index (χ4n) is 2.37. The Hall–Kier alpha value is -2.01. The van der Waals surface area contributed by atoms with Gasteiger partial charge in [-0.25, -0.2) is 0 Å². The first-order valence-corrected chi connectivity index (χ1v) is 7.06. The van der Waals surface area contributed by atoms with Gasteiger partial charge in [-0.3, -0.25) is 4.68 Å². The molecule has 114 valence electrons. The van der Waals surface area contributed by atoms with Crippen molar-refractivity contribution in [2.45, 2.75) is 25.3 Å². The van der Waals surface area contributed by atoms with E-state index in [1.807, 2.05) is 42.3 Å². The molecule has 1 heterocycles. The highest BCUT2D eigenvalue weighted by molar-refractivity contribution is 5.43. The molecule has 0 aliphatic carbocycles. The van der Waals surface area contributed by atoms with E-state index in [0.29, 0.717) is 0 Å². The molecule has 0 saturated heterocycles. The summed E-state index contributed by atoms with van der Waals surface area (Å²) in [6.45, 7) is 0. The van der Waals surface area contributed by atoms with Gasteiger partial charge in [0.1, 0.15) is 0 Å². The van der Waals surface area contributed by atoms with E-state index in [-0.39, 0.29) is 6.04 Å². The Labute approximate surface area is 125 Å². The number of rotatable bonds is 7. The SMILES string of the molecule is COc1ccc(CC(N)CCc2cnn(C)c2)cc1OC. The molecule has 21 heavy (non-hydrogen) atoms. The molecule has 0 amide bonds. The molecule has 2 N–H and O–H groups in total. The zero-order valence-corrected chi connectivity index (χ0v) is 12.9. The summed E-state index contributed by atoms with van der Waals surface area (Å²) in [7, 11) is 5.20. The van der Waals surface area contributed by atoms with Gasteiger partial charge in [0.25, 0.3) is 0 Å². The number of benzene rings is 1. The fourth-order valence-corrected chi connectivity index (χ4v) is 2.37. The molecule has 1 aromatic carbocycles. The molecule has 0 spiro atoms. The average molecular weight is 289 g/mol. The zero-order valence-electron chi connectivity index (χ0n) is 12.9. The van der Waals surface area contributed by atoms with E-state index < -0.39 is 0 Å². The number of hydrogen-bond donors (Lipinski definition) is 1. The van der Waals surface area contributed by atoms with Crippen LogP contribution < -0.4 is 15.2 Å². The molecule has 0 aliphatic rings. The number of aromatic nitrogens is 2. The topological polar surface area (TPSA) is 62.3 Å². The molecular weight excluding hydrogens is 266 g/mol. The summed E-state index contributed by atoms with van der Waals surface area (Å²) in [4.78, 5) is 0. The summed E-state index contributed by atoms with van der Waals surface area (Å²) in [5, 5.41) is 4.17. The van der Waals surface area contributed by atoms with Crippen molar-refractivity contribution in [3.8, 4) is 11.5 Å². The predicted molar refractivity (Wildman–Crippen MR) is 82.8 cm³/mol. The molecular formula is C16H23N3O2. The van der Waals surface area contributed by atoms with Crippen molar-refractivity contribution in [3.63, 3.8) is 0 Å². The smallest absolute Gasteiger partial charge is 0.160 e. The minimum absolute atomic E-state index is 0.114. The Morgan fingerprint density at radius 1 is 1.19 bits per heavy atom. The van der Waals surface area contributed by atoms with E-state index >= 15 is 0 Å². The molecule has 1 aromatic heterocycles. The van der Waals surface area contributed by atoms with E-state index in [4.69, 9.17) is 15.2 Å². The molecule has 5 nitrogen and oxygen atoms in total. The van der Waals surface area contributed by atoms with E-state index in [1.165, 1.54) is 5.56 Å². The molecule has 0 fully saturated rings. The van der Waals surface area contributed by atoms with E-state index in [0.717, 1.165) is 36.3 Å². The van der Waals surface area contributed by atoms with Gasteiger partial charge in [0, 0.05) is 19.3 Å². The highest BCUT2D eigenvalue weighted by Gasteiger charge is 2.09. The second-order valence-electron chi connectivity index (χ2n) is 5.21. The first-order valence-electron chi connectivity index (χ1n) is 7.06. The van der Waals surface area contributed by atoms with Gasteiger partial charge < -0.3 is 15.2 Å². The van der Waals surface area contributed by atoms with Crippen molar-refractivity contribution in [2.75, 3.05) is 14.2 Å². The number of methoxy groups -OCH3 is 2. The van der Waals surface area contributed by atoms with Gasteiger partial charge >= 0.3 is 0 Å². The van der Waals surface area contributed by atoms with Crippen LogP contribution in [0, 0.1) is 0 Å². The maximum absolute atomic E-state index is 6.22. The average Bonchev–Trinajstić information content (AvgIpc) is 2.90. The molecule has 2 rings (SSSR count). The number of aryl methyl sites for hydroxylation is 2. The molecule has 2 aromatic rings. The maximum atomic E-state index is 6.22. The Morgan fingerprint density at radius 2 is 1.95 bits per heavy atom. The standard InChI is InChI=1S/C16H23N3O2/c1-19-11-13(10-18-19)4-6-14(17)8-12-5-7-15(20-2)16(9-12)21-3/h5,7,9-11,14H,4,6,8,17H2,1-3H3. The van der Waals surface area contributed by atoms with Crippen molar-refractivity contribution in [1.82, 2.24) is 9.78 Å².